The zero-order valence-corrected chi connectivity index (χ0v) is 17.3. The van der Waals surface area contributed by atoms with Crippen LogP contribution in [0.15, 0.2) is 0 Å². The molecule has 0 fully saturated rings. The van der Waals surface area contributed by atoms with Gasteiger partial charge in [-0.15, -0.1) is 0 Å². The van der Waals surface area contributed by atoms with Crippen LogP contribution in [-0.4, -0.2) is 48.7 Å². The lowest BCUT2D eigenvalue weighted by Gasteiger charge is -2.09. The summed E-state index contributed by atoms with van der Waals surface area (Å²) < 4.78 is 0. The van der Waals surface area contributed by atoms with E-state index in [0.717, 1.165) is 19.3 Å². The van der Waals surface area contributed by atoms with Crippen molar-refractivity contribution in [1.29, 1.82) is 0 Å². The summed E-state index contributed by atoms with van der Waals surface area (Å²) in [5.41, 5.74) is 21.2. The van der Waals surface area contributed by atoms with Gasteiger partial charge in [-0.3, -0.25) is 14.4 Å². The second-order valence-electron chi connectivity index (χ2n) is 6.21. The lowest BCUT2D eigenvalue weighted by molar-refractivity contribution is -0.191. The molecule has 0 aliphatic rings. The first-order valence-corrected chi connectivity index (χ1v) is 8.83. The summed E-state index contributed by atoms with van der Waals surface area (Å²) in [6.45, 7) is 9.61. The minimum atomic E-state index is -0.272. The van der Waals surface area contributed by atoms with Gasteiger partial charge in [0.25, 0.3) is 0 Å². The number of nitrogens with two attached hydrogens (primary N) is 4. The number of ketones is 3. The van der Waals surface area contributed by atoms with Crippen LogP contribution in [0.3, 0.4) is 0 Å². The standard InChI is InChI=1S/C7H16N2O.C6H13NO.C4H9NO.CO2/c1-6(10)7(9)4-2-3-5-8;1-4(2)6(7)5(3)8;1-4(6)2-3-5;2-1-3/h7H,2-5,8-9H2,1H3;4,6H,7H2,1-3H3;2-3,5H2,1H3;/t7-;6-;;/m00../s1. The van der Waals surface area contributed by atoms with E-state index in [1.807, 2.05) is 13.8 Å². The van der Waals surface area contributed by atoms with Gasteiger partial charge in [-0.05, 0) is 52.6 Å². The Balaban J connectivity index is -0.000000140. The topological polar surface area (TPSA) is 189 Å². The average molecular weight is 391 g/mol. The molecule has 9 heteroatoms. The number of unbranched alkanes of at least 4 members (excludes halogenated alkanes) is 1. The van der Waals surface area contributed by atoms with Crippen molar-refractivity contribution in [3.8, 4) is 0 Å². The molecule has 0 aliphatic carbocycles. The third-order valence-electron chi connectivity index (χ3n) is 3.18. The number of carbonyl (C=O) groups excluding carboxylic acids is 5. The van der Waals surface area contributed by atoms with E-state index in [2.05, 4.69) is 0 Å². The molecule has 8 N–H and O–H groups in total. The first kappa shape index (κ1) is 32.9. The molecule has 0 aromatic rings. The van der Waals surface area contributed by atoms with Gasteiger partial charge in [-0.2, -0.15) is 9.59 Å². The van der Waals surface area contributed by atoms with Gasteiger partial charge in [0.2, 0.25) is 0 Å². The largest absolute Gasteiger partial charge is 0.373 e. The fraction of sp³-hybridized carbons (Fsp3) is 0.778. The summed E-state index contributed by atoms with van der Waals surface area (Å²) in [6.07, 6.45) is 3.45. The minimum absolute atomic E-state index is 0.0667. The molecule has 0 heterocycles. The smallest absolute Gasteiger partial charge is 0.330 e. The second-order valence-corrected chi connectivity index (χ2v) is 6.21. The zero-order valence-electron chi connectivity index (χ0n) is 17.3. The van der Waals surface area contributed by atoms with Crippen molar-refractivity contribution >= 4 is 23.5 Å². The van der Waals surface area contributed by atoms with Crippen molar-refractivity contribution in [3.05, 3.63) is 0 Å². The molecule has 27 heavy (non-hydrogen) atoms. The molecule has 0 rings (SSSR count). The summed E-state index contributed by atoms with van der Waals surface area (Å²) in [5, 5.41) is 0. The molecule has 0 unspecified atom stereocenters. The summed E-state index contributed by atoms with van der Waals surface area (Å²) in [7, 11) is 0. The molecular formula is C18H38N4O5. The third kappa shape index (κ3) is 36.0. The van der Waals surface area contributed by atoms with Crippen molar-refractivity contribution in [2.75, 3.05) is 13.1 Å². The van der Waals surface area contributed by atoms with Crippen LogP contribution < -0.4 is 22.9 Å². The van der Waals surface area contributed by atoms with Crippen LogP contribution in [0.4, 0.5) is 0 Å². The maximum atomic E-state index is 10.6. The van der Waals surface area contributed by atoms with Crippen LogP contribution >= 0.6 is 0 Å². The SMILES string of the molecule is CC(=O)CCN.CC(=O)[C@@H](N)C(C)C.CC(=O)[C@@H](N)CCCCN.O=C=O. The quantitative estimate of drug-likeness (QED) is 0.390. The van der Waals surface area contributed by atoms with Gasteiger partial charge in [0, 0.05) is 6.42 Å². The van der Waals surface area contributed by atoms with Gasteiger partial charge in [0.1, 0.15) is 17.3 Å². The molecular weight excluding hydrogens is 352 g/mol. The number of hydrogen-bond donors (Lipinski definition) is 4. The molecule has 160 valence electrons. The first-order chi connectivity index (χ1) is 12.4. The van der Waals surface area contributed by atoms with Crippen LogP contribution in [0.25, 0.3) is 0 Å². The predicted molar refractivity (Wildman–Crippen MR) is 104 cm³/mol. The van der Waals surface area contributed by atoms with Gasteiger partial charge in [-0.25, -0.2) is 0 Å². The van der Waals surface area contributed by atoms with E-state index >= 15 is 0 Å². The molecule has 0 aliphatic heterocycles. The van der Waals surface area contributed by atoms with E-state index in [0.29, 0.717) is 19.5 Å². The van der Waals surface area contributed by atoms with Gasteiger partial charge < -0.3 is 22.9 Å². The average Bonchev–Trinajstić information content (AvgIpc) is 2.55. The monoisotopic (exact) mass is 390 g/mol. The van der Waals surface area contributed by atoms with Gasteiger partial charge in [0.05, 0.1) is 12.1 Å². The maximum absolute atomic E-state index is 10.6. The van der Waals surface area contributed by atoms with Crippen molar-refractivity contribution in [1.82, 2.24) is 0 Å². The molecule has 0 aromatic carbocycles. The highest BCUT2D eigenvalue weighted by atomic mass is 16.2. The van der Waals surface area contributed by atoms with Crippen molar-refractivity contribution < 1.29 is 24.0 Å². The van der Waals surface area contributed by atoms with Crippen LogP contribution in [0.2, 0.25) is 0 Å². The first-order valence-electron chi connectivity index (χ1n) is 8.83. The Hall–Kier alpha value is -1.77. The fourth-order valence-corrected chi connectivity index (χ4v) is 1.38. The van der Waals surface area contributed by atoms with Crippen molar-refractivity contribution in [3.63, 3.8) is 0 Å². The Bertz CT molecular complexity index is 422. The predicted octanol–water partition coefficient (Wildman–Crippen LogP) is -0.0689. The van der Waals surface area contributed by atoms with E-state index in [9.17, 15) is 14.4 Å². The lowest BCUT2D eigenvalue weighted by Crippen LogP contribution is -2.33. The molecule has 0 radical (unpaired) electrons. The molecule has 9 nitrogen and oxygen atoms in total. The third-order valence-corrected chi connectivity index (χ3v) is 3.18. The highest BCUT2D eigenvalue weighted by molar-refractivity contribution is 5.81. The minimum Gasteiger partial charge on any atom is -0.330 e. The van der Waals surface area contributed by atoms with Crippen LogP contribution in [0.5, 0.6) is 0 Å². The Kier molecular flexibility index (Phi) is 29.5. The van der Waals surface area contributed by atoms with E-state index in [4.69, 9.17) is 32.5 Å². The molecule has 0 saturated carbocycles. The van der Waals surface area contributed by atoms with Crippen LogP contribution in [-0.2, 0) is 24.0 Å². The van der Waals surface area contributed by atoms with Gasteiger partial charge >= 0.3 is 6.15 Å². The number of hydrogen-bond acceptors (Lipinski definition) is 9. The summed E-state index contributed by atoms with van der Waals surface area (Å²) in [4.78, 5) is 47.3. The molecule has 2 atom stereocenters. The highest BCUT2D eigenvalue weighted by Gasteiger charge is 2.10. The highest BCUT2D eigenvalue weighted by Crippen LogP contribution is 1.98. The molecule has 0 spiro atoms. The molecule has 0 bridgehead atoms. The van der Waals surface area contributed by atoms with Crippen LogP contribution in [0.1, 0.15) is 60.3 Å². The number of carbonyl (C=O) groups is 3. The Morgan fingerprint density at radius 3 is 1.44 bits per heavy atom. The number of Topliss-reactive ketones (excluding diaryl/α,β-unsaturated/α-hetero) is 3. The Labute approximate surface area is 162 Å². The van der Waals surface area contributed by atoms with Gasteiger partial charge in [-0.1, -0.05) is 20.3 Å². The van der Waals surface area contributed by atoms with E-state index in [1.54, 1.807) is 0 Å². The van der Waals surface area contributed by atoms with E-state index in [1.165, 1.54) is 20.8 Å². The molecule has 0 amide bonds. The summed E-state index contributed by atoms with van der Waals surface area (Å²) in [6, 6.07) is -0.540. The summed E-state index contributed by atoms with van der Waals surface area (Å²) >= 11 is 0. The fourth-order valence-electron chi connectivity index (χ4n) is 1.38. The number of rotatable bonds is 9. The normalized spacial score (nSPS) is 11.2. The maximum Gasteiger partial charge on any atom is 0.373 e. The van der Waals surface area contributed by atoms with Gasteiger partial charge in [0.15, 0.2) is 0 Å². The van der Waals surface area contributed by atoms with Crippen molar-refractivity contribution in [2.24, 2.45) is 28.9 Å². The zero-order chi connectivity index (χ0) is 22.4. The second kappa shape index (κ2) is 24.2. The van der Waals surface area contributed by atoms with Crippen molar-refractivity contribution in [2.45, 2.75) is 72.4 Å². The Morgan fingerprint density at radius 1 is 0.852 bits per heavy atom. The molecule has 0 aromatic heterocycles. The lowest BCUT2D eigenvalue weighted by atomic mass is 10.0. The van der Waals surface area contributed by atoms with Crippen LogP contribution in [0, 0.1) is 5.92 Å². The Morgan fingerprint density at radius 2 is 1.30 bits per heavy atom. The molecule has 0 saturated heterocycles. The summed E-state index contributed by atoms with van der Waals surface area (Å²) in [5.74, 6) is 0.571. The van der Waals surface area contributed by atoms with E-state index < -0.39 is 0 Å². The van der Waals surface area contributed by atoms with E-state index in [-0.39, 0.29) is 41.5 Å².